The zero-order chi connectivity index (χ0) is 18.8. The maximum absolute atomic E-state index is 13.2. The zero-order valence-electron chi connectivity index (χ0n) is 14.3. The number of carbonyl (C=O) groups is 2. The highest BCUT2D eigenvalue weighted by molar-refractivity contribution is 5.85. The largest absolute Gasteiger partial charge is 0.406 e. The highest BCUT2D eigenvalue weighted by Gasteiger charge is 2.44. The van der Waals surface area contributed by atoms with Gasteiger partial charge < -0.3 is 9.80 Å². The Balaban J connectivity index is 0.00000338. The summed E-state index contributed by atoms with van der Waals surface area (Å²) in [5.41, 5.74) is 0. The van der Waals surface area contributed by atoms with Crippen LogP contribution in [-0.4, -0.2) is 72.5 Å². The van der Waals surface area contributed by atoms with Crippen molar-refractivity contribution in [2.24, 2.45) is 5.92 Å². The van der Waals surface area contributed by atoms with E-state index in [0.717, 1.165) is 4.90 Å². The van der Waals surface area contributed by atoms with E-state index >= 15 is 0 Å². The Hall–Kier alpha value is -1.16. The molecule has 0 aromatic rings. The van der Waals surface area contributed by atoms with Crippen molar-refractivity contribution < 1.29 is 31.5 Å². The van der Waals surface area contributed by atoms with Crippen LogP contribution >= 0.6 is 12.4 Å². The van der Waals surface area contributed by atoms with E-state index in [1.165, 1.54) is 11.8 Å². The molecule has 26 heavy (non-hydrogen) atoms. The van der Waals surface area contributed by atoms with Crippen LogP contribution in [0.5, 0.6) is 0 Å². The minimum absolute atomic E-state index is 0. The first-order valence-corrected chi connectivity index (χ1v) is 8.28. The van der Waals surface area contributed by atoms with Gasteiger partial charge in [0.05, 0.1) is 18.5 Å². The van der Waals surface area contributed by atoms with E-state index in [2.05, 4.69) is 5.32 Å². The summed E-state index contributed by atoms with van der Waals surface area (Å²) in [7, 11) is 0. The number of hydrogen-bond acceptors (Lipinski definition) is 3. The molecule has 2 fully saturated rings. The third-order valence-corrected chi connectivity index (χ3v) is 4.55. The number of piperidine rings is 1. The molecule has 0 bridgehead atoms. The van der Waals surface area contributed by atoms with Gasteiger partial charge in [0.25, 0.3) is 5.92 Å². The van der Waals surface area contributed by atoms with Gasteiger partial charge in [-0.15, -0.1) is 12.4 Å². The maximum Gasteiger partial charge on any atom is 0.406 e. The lowest BCUT2D eigenvalue weighted by molar-refractivity contribution is -0.165. The summed E-state index contributed by atoms with van der Waals surface area (Å²) < 4.78 is 64.2. The summed E-state index contributed by atoms with van der Waals surface area (Å²) >= 11 is 0. The molecule has 0 radical (unpaired) electrons. The number of amides is 2. The summed E-state index contributed by atoms with van der Waals surface area (Å²) in [6.45, 7) is -0.245. The van der Waals surface area contributed by atoms with E-state index in [0.29, 0.717) is 19.4 Å². The number of alkyl halides is 5. The van der Waals surface area contributed by atoms with E-state index < -0.39 is 55.4 Å². The van der Waals surface area contributed by atoms with Crippen LogP contribution in [0.4, 0.5) is 22.0 Å². The van der Waals surface area contributed by atoms with E-state index in [1.54, 1.807) is 0 Å². The van der Waals surface area contributed by atoms with Crippen molar-refractivity contribution in [2.45, 2.75) is 44.3 Å². The van der Waals surface area contributed by atoms with Gasteiger partial charge in [-0.2, -0.15) is 13.2 Å². The molecule has 0 spiro atoms. The number of nitrogens with one attached hydrogen (secondary N) is 1. The fraction of sp³-hybridized carbons (Fsp3) is 0.867. The van der Waals surface area contributed by atoms with Gasteiger partial charge in [0, 0.05) is 26.1 Å². The van der Waals surface area contributed by atoms with Crippen molar-refractivity contribution in [2.75, 3.05) is 32.7 Å². The second-order valence-corrected chi connectivity index (χ2v) is 6.58. The molecular weight excluding hydrogens is 385 g/mol. The summed E-state index contributed by atoms with van der Waals surface area (Å²) in [4.78, 5) is 26.7. The second kappa shape index (κ2) is 8.69. The van der Waals surface area contributed by atoms with Gasteiger partial charge >= 0.3 is 6.18 Å². The fourth-order valence-electron chi connectivity index (χ4n) is 3.31. The number of carbonyl (C=O) groups excluding carboxylic acids is 2. The van der Waals surface area contributed by atoms with Crippen LogP contribution in [0.3, 0.4) is 0 Å². The number of likely N-dealkylation sites (tertiary alicyclic amines) is 1. The molecule has 0 aromatic heterocycles. The first-order chi connectivity index (χ1) is 11.5. The SMILES string of the molecule is CCN(CC(F)(F)F)C(=O)C1CCCN(C(=O)C2CC(F)(F)CN2)C1.Cl. The summed E-state index contributed by atoms with van der Waals surface area (Å²) in [5, 5.41) is 2.47. The molecule has 2 aliphatic heterocycles. The minimum atomic E-state index is -4.49. The van der Waals surface area contributed by atoms with Crippen molar-refractivity contribution >= 4 is 24.2 Å². The summed E-state index contributed by atoms with van der Waals surface area (Å²) in [5.74, 6) is -4.85. The number of hydrogen-bond donors (Lipinski definition) is 1. The van der Waals surface area contributed by atoms with Gasteiger partial charge in [0.2, 0.25) is 11.8 Å². The van der Waals surface area contributed by atoms with Crippen LogP contribution in [0.15, 0.2) is 0 Å². The second-order valence-electron chi connectivity index (χ2n) is 6.58. The third-order valence-electron chi connectivity index (χ3n) is 4.55. The number of halogens is 6. The molecule has 11 heteroatoms. The lowest BCUT2D eigenvalue weighted by Gasteiger charge is -2.36. The Morgan fingerprint density at radius 3 is 2.46 bits per heavy atom. The Morgan fingerprint density at radius 1 is 1.31 bits per heavy atom. The maximum atomic E-state index is 13.2. The van der Waals surface area contributed by atoms with Crippen LogP contribution in [0.1, 0.15) is 26.2 Å². The molecule has 2 atom stereocenters. The third kappa shape index (κ3) is 5.94. The van der Waals surface area contributed by atoms with Crippen molar-refractivity contribution in [1.29, 1.82) is 0 Å². The molecule has 2 aliphatic rings. The molecule has 2 rings (SSSR count). The highest BCUT2D eigenvalue weighted by atomic mass is 35.5. The first kappa shape index (κ1) is 22.9. The standard InChI is InChI=1S/C15H22F5N3O2.ClH/c1-2-22(9-15(18,19)20)12(24)10-4-3-5-23(7-10)13(25)11-6-14(16,17)8-21-11;/h10-11,21H,2-9H2,1H3;1H. The lowest BCUT2D eigenvalue weighted by Crippen LogP contribution is -2.51. The zero-order valence-corrected chi connectivity index (χ0v) is 15.1. The minimum Gasteiger partial charge on any atom is -0.341 e. The number of nitrogens with zero attached hydrogens (tertiary/aromatic N) is 2. The van der Waals surface area contributed by atoms with Gasteiger partial charge in [-0.1, -0.05) is 0 Å². The molecular formula is C15H23ClF5N3O2. The average molecular weight is 408 g/mol. The summed E-state index contributed by atoms with van der Waals surface area (Å²) in [6.07, 6.45) is -4.26. The van der Waals surface area contributed by atoms with E-state index in [1.807, 2.05) is 0 Å². The molecule has 2 unspecified atom stereocenters. The first-order valence-electron chi connectivity index (χ1n) is 8.28. The molecule has 2 heterocycles. The smallest absolute Gasteiger partial charge is 0.341 e. The Morgan fingerprint density at radius 2 is 1.96 bits per heavy atom. The van der Waals surface area contributed by atoms with Gasteiger partial charge in [-0.05, 0) is 19.8 Å². The van der Waals surface area contributed by atoms with Crippen molar-refractivity contribution in [3.05, 3.63) is 0 Å². The Kier molecular flexibility index (Phi) is 7.64. The quantitative estimate of drug-likeness (QED) is 0.726. The molecule has 1 N–H and O–H groups in total. The lowest BCUT2D eigenvalue weighted by atomic mass is 9.95. The number of rotatable bonds is 4. The van der Waals surface area contributed by atoms with Crippen LogP contribution in [0.25, 0.3) is 0 Å². The van der Waals surface area contributed by atoms with Crippen LogP contribution in [0, 0.1) is 5.92 Å². The molecule has 5 nitrogen and oxygen atoms in total. The normalized spacial score (nSPS) is 25.5. The predicted octanol–water partition coefficient (Wildman–Crippen LogP) is 2.05. The molecule has 0 aromatic carbocycles. The van der Waals surface area contributed by atoms with Crippen molar-refractivity contribution in [3.8, 4) is 0 Å². The van der Waals surface area contributed by atoms with E-state index in [4.69, 9.17) is 0 Å². The molecule has 2 saturated heterocycles. The average Bonchev–Trinajstić information content (AvgIpc) is 2.90. The molecule has 0 saturated carbocycles. The highest BCUT2D eigenvalue weighted by Crippen LogP contribution is 2.28. The molecule has 2 amide bonds. The van der Waals surface area contributed by atoms with Gasteiger partial charge in [0.15, 0.2) is 0 Å². The monoisotopic (exact) mass is 407 g/mol. The molecule has 152 valence electrons. The predicted molar refractivity (Wildman–Crippen MR) is 86.2 cm³/mol. The van der Waals surface area contributed by atoms with Crippen LogP contribution in [-0.2, 0) is 9.59 Å². The topological polar surface area (TPSA) is 52.7 Å². The van der Waals surface area contributed by atoms with E-state index in [9.17, 15) is 31.5 Å². The summed E-state index contributed by atoms with van der Waals surface area (Å²) in [6, 6.07) is -1.01. The van der Waals surface area contributed by atoms with Crippen LogP contribution < -0.4 is 5.32 Å². The van der Waals surface area contributed by atoms with Gasteiger partial charge in [-0.3, -0.25) is 14.9 Å². The van der Waals surface area contributed by atoms with Crippen LogP contribution in [0.2, 0.25) is 0 Å². The Bertz CT molecular complexity index is 518. The fourth-order valence-corrected chi connectivity index (χ4v) is 3.31. The van der Waals surface area contributed by atoms with Gasteiger partial charge in [-0.25, -0.2) is 8.78 Å². The van der Waals surface area contributed by atoms with E-state index in [-0.39, 0.29) is 25.5 Å². The van der Waals surface area contributed by atoms with Crippen molar-refractivity contribution in [1.82, 2.24) is 15.1 Å². The Labute approximate surface area is 154 Å². The van der Waals surface area contributed by atoms with Crippen molar-refractivity contribution in [3.63, 3.8) is 0 Å². The molecule has 0 aliphatic carbocycles. The van der Waals surface area contributed by atoms with Gasteiger partial charge in [0.1, 0.15) is 6.54 Å².